The number of aliphatic hydroxyl groups excluding tert-OH is 2. The first-order valence-electron chi connectivity index (χ1n) is 4.32. The van der Waals surface area contributed by atoms with Crippen molar-refractivity contribution in [3.05, 3.63) is 23.7 Å². The molecule has 14 heavy (non-hydrogen) atoms. The maximum atomic E-state index is 9.51. The van der Waals surface area contributed by atoms with Gasteiger partial charge in [-0.2, -0.15) is 0 Å². The molecule has 4 N–H and O–H groups in total. The van der Waals surface area contributed by atoms with Crippen LogP contribution in [0.1, 0.15) is 17.6 Å². The number of methoxy groups -OCH3 is 1. The van der Waals surface area contributed by atoms with Crippen LogP contribution in [-0.4, -0.2) is 30.0 Å². The first-order valence-corrected chi connectivity index (χ1v) is 4.32. The third-order valence-electron chi connectivity index (χ3n) is 1.87. The largest absolute Gasteiger partial charge is 0.461 e. The predicted octanol–water partition coefficient (Wildman–Crippen LogP) is -0.221. The average Bonchev–Trinajstić information content (AvgIpc) is 2.64. The van der Waals surface area contributed by atoms with Gasteiger partial charge in [0.1, 0.15) is 24.2 Å². The number of hydrogen-bond donors (Lipinski definition) is 3. The fourth-order valence-electron chi connectivity index (χ4n) is 1.09. The molecule has 2 unspecified atom stereocenters. The summed E-state index contributed by atoms with van der Waals surface area (Å²) in [7, 11) is 1.55. The first kappa shape index (κ1) is 11.2. The molecule has 0 aliphatic heterocycles. The summed E-state index contributed by atoms with van der Waals surface area (Å²) in [6, 6.07) is 3.28. The van der Waals surface area contributed by atoms with E-state index in [-0.39, 0.29) is 6.54 Å². The Morgan fingerprint density at radius 2 is 2.21 bits per heavy atom. The molecule has 1 aromatic rings. The Balaban J connectivity index is 2.65. The van der Waals surface area contributed by atoms with Crippen LogP contribution in [0.5, 0.6) is 0 Å². The van der Waals surface area contributed by atoms with Crippen LogP contribution in [0.15, 0.2) is 16.5 Å². The van der Waals surface area contributed by atoms with Crippen molar-refractivity contribution in [3.63, 3.8) is 0 Å². The van der Waals surface area contributed by atoms with Gasteiger partial charge in [-0.05, 0) is 12.1 Å². The molecule has 0 fully saturated rings. The summed E-state index contributed by atoms with van der Waals surface area (Å²) in [6.07, 6.45) is -2.08. The Morgan fingerprint density at radius 1 is 1.50 bits per heavy atom. The van der Waals surface area contributed by atoms with Crippen molar-refractivity contribution < 1.29 is 19.4 Å². The van der Waals surface area contributed by atoms with E-state index < -0.39 is 12.2 Å². The van der Waals surface area contributed by atoms with Crippen LogP contribution in [0.2, 0.25) is 0 Å². The van der Waals surface area contributed by atoms with Gasteiger partial charge < -0.3 is 25.1 Å². The fourth-order valence-corrected chi connectivity index (χ4v) is 1.09. The number of aliphatic hydroxyl groups is 2. The third kappa shape index (κ3) is 2.55. The molecule has 80 valence electrons. The molecule has 5 heteroatoms. The van der Waals surface area contributed by atoms with Crippen molar-refractivity contribution in [2.75, 3.05) is 13.7 Å². The normalized spacial score (nSPS) is 15.4. The summed E-state index contributed by atoms with van der Waals surface area (Å²) >= 11 is 0. The lowest BCUT2D eigenvalue weighted by Gasteiger charge is -2.12. The van der Waals surface area contributed by atoms with E-state index in [2.05, 4.69) is 0 Å². The number of nitrogens with two attached hydrogens (primary N) is 1. The van der Waals surface area contributed by atoms with Gasteiger partial charge in [0, 0.05) is 13.7 Å². The SMILES string of the molecule is COCc1ccc(C(O)C(O)CN)o1. The topological polar surface area (TPSA) is 88.8 Å². The molecule has 2 atom stereocenters. The van der Waals surface area contributed by atoms with Gasteiger partial charge >= 0.3 is 0 Å². The summed E-state index contributed by atoms with van der Waals surface area (Å²) in [5, 5.41) is 18.8. The minimum atomic E-state index is -1.08. The zero-order valence-electron chi connectivity index (χ0n) is 8.01. The van der Waals surface area contributed by atoms with E-state index in [1.165, 1.54) is 0 Å². The maximum Gasteiger partial charge on any atom is 0.139 e. The lowest BCUT2D eigenvalue weighted by Crippen LogP contribution is -2.26. The van der Waals surface area contributed by atoms with Gasteiger partial charge in [-0.15, -0.1) is 0 Å². The number of furan rings is 1. The van der Waals surface area contributed by atoms with E-state index in [9.17, 15) is 10.2 Å². The Hall–Kier alpha value is -0.880. The Labute approximate surface area is 82.1 Å². The quantitative estimate of drug-likeness (QED) is 0.612. The summed E-state index contributed by atoms with van der Waals surface area (Å²) < 4.78 is 10.1. The predicted molar refractivity (Wildman–Crippen MR) is 49.4 cm³/mol. The second-order valence-electron chi connectivity index (χ2n) is 2.98. The van der Waals surface area contributed by atoms with Gasteiger partial charge in [0.25, 0.3) is 0 Å². The van der Waals surface area contributed by atoms with Crippen molar-refractivity contribution in [3.8, 4) is 0 Å². The molecule has 1 heterocycles. The fraction of sp³-hybridized carbons (Fsp3) is 0.556. The van der Waals surface area contributed by atoms with Gasteiger partial charge in [0.15, 0.2) is 0 Å². The van der Waals surface area contributed by atoms with E-state index in [1.54, 1.807) is 19.2 Å². The third-order valence-corrected chi connectivity index (χ3v) is 1.87. The number of hydrogen-bond acceptors (Lipinski definition) is 5. The van der Waals surface area contributed by atoms with Crippen LogP contribution in [0.4, 0.5) is 0 Å². The van der Waals surface area contributed by atoms with Gasteiger partial charge in [-0.25, -0.2) is 0 Å². The number of rotatable bonds is 5. The monoisotopic (exact) mass is 201 g/mol. The number of ether oxygens (including phenoxy) is 1. The molecule has 0 bridgehead atoms. The molecule has 0 amide bonds. The summed E-state index contributed by atoms with van der Waals surface area (Å²) in [5.74, 6) is 0.903. The average molecular weight is 201 g/mol. The molecule has 0 aliphatic rings. The highest BCUT2D eigenvalue weighted by Gasteiger charge is 2.20. The highest BCUT2D eigenvalue weighted by atomic mass is 16.5. The highest BCUT2D eigenvalue weighted by Crippen LogP contribution is 2.19. The minimum absolute atomic E-state index is 0.0124. The van der Waals surface area contributed by atoms with E-state index in [4.69, 9.17) is 14.9 Å². The Morgan fingerprint density at radius 3 is 2.79 bits per heavy atom. The van der Waals surface area contributed by atoms with Crippen molar-refractivity contribution in [2.45, 2.75) is 18.8 Å². The molecule has 0 aromatic carbocycles. The molecule has 0 radical (unpaired) electrons. The lowest BCUT2D eigenvalue weighted by atomic mass is 10.1. The van der Waals surface area contributed by atoms with E-state index in [1.807, 2.05) is 0 Å². The van der Waals surface area contributed by atoms with Gasteiger partial charge in [-0.1, -0.05) is 0 Å². The first-order chi connectivity index (χ1) is 6.69. The van der Waals surface area contributed by atoms with Crippen LogP contribution in [0, 0.1) is 0 Å². The highest BCUT2D eigenvalue weighted by molar-refractivity contribution is 5.10. The van der Waals surface area contributed by atoms with Gasteiger partial charge in [-0.3, -0.25) is 0 Å². The molecule has 0 spiro atoms. The van der Waals surface area contributed by atoms with Crippen molar-refractivity contribution >= 4 is 0 Å². The van der Waals surface area contributed by atoms with Crippen LogP contribution in [0.3, 0.4) is 0 Å². The molecule has 0 aliphatic carbocycles. The van der Waals surface area contributed by atoms with E-state index in [0.29, 0.717) is 18.1 Å². The lowest BCUT2D eigenvalue weighted by molar-refractivity contribution is 0.00941. The van der Waals surface area contributed by atoms with E-state index in [0.717, 1.165) is 0 Å². The molecule has 1 rings (SSSR count). The van der Waals surface area contributed by atoms with Crippen molar-refractivity contribution in [1.29, 1.82) is 0 Å². The Bertz CT molecular complexity index is 274. The second kappa shape index (κ2) is 5.11. The second-order valence-corrected chi connectivity index (χ2v) is 2.98. The molecule has 5 nitrogen and oxygen atoms in total. The van der Waals surface area contributed by atoms with Crippen LogP contribution in [-0.2, 0) is 11.3 Å². The molecule has 1 aromatic heterocycles. The minimum Gasteiger partial charge on any atom is -0.461 e. The van der Waals surface area contributed by atoms with Crippen LogP contribution < -0.4 is 5.73 Å². The van der Waals surface area contributed by atoms with Gasteiger partial charge in [0.05, 0.1) is 6.10 Å². The van der Waals surface area contributed by atoms with Crippen LogP contribution in [0.25, 0.3) is 0 Å². The zero-order chi connectivity index (χ0) is 10.6. The Kier molecular flexibility index (Phi) is 4.09. The molecule has 0 saturated carbocycles. The van der Waals surface area contributed by atoms with Gasteiger partial charge in [0.2, 0.25) is 0 Å². The summed E-state index contributed by atoms with van der Waals surface area (Å²) in [5.41, 5.74) is 5.20. The summed E-state index contributed by atoms with van der Waals surface area (Å²) in [4.78, 5) is 0. The zero-order valence-corrected chi connectivity index (χ0v) is 8.01. The smallest absolute Gasteiger partial charge is 0.139 e. The maximum absolute atomic E-state index is 9.51. The molecule has 0 saturated heterocycles. The standard InChI is InChI=1S/C9H15NO4/c1-13-5-6-2-3-8(14-6)9(12)7(11)4-10/h2-3,7,9,11-12H,4-5,10H2,1H3. The van der Waals surface area contributed by atoms with E-state index >= 15 is 0 Å². The van der Waals surface area contributed by atoms with Crippen molar-refractivity contribution in [2.24, 2.45) is 5.73 Å². The summed E-state index contributed by atoms with van der Waals surface area (Å²) in [6.45, 7) is 0.326. The molecular formula is C9H15NO4. The van der Waals surface area contributed by atoms with Crippen molar-refractivity contribution in [1.82, 2.24) is 0 Å². The van der Waals surface area contributed by atoms with Crippen LogP contribution >= 0.6 is 0 Å². The molecular weight excluding hydrogens is 186 g/mol.